The Hall–Kier alpha value is -2.90. The van der Waals surface area contributed by atoms with E-state index in [0.717, 1.165) is 11.4 Å². The molecular formula is C39H55N3Si2. The zero-order valence-corrected chi connectivity index (χ0v) is 31.3. The molecule has 0 spiro atoms. The molecule has 0 amide bonds. The average molecular weight is 622 g/mol. The lowest BCUT2D eigenvalue weighted by Gasteiger charge is -2.44. The van der Waals surface area contributed by atoms with Crippen LogP contribution in [0.1, 0.15) is 83.1 Å². The number of hydrogen-bond acceptors (Lipinski definition) is 1. The molecule has 3 aromatic heterocycles. The van der Waals surface area contributed by atoms with E-state index in [2.05, 4.69) is 171 Å². The van der Waals surface area contributed by atoms with Gasteiger partial charge in [-0.2, -0.15) is 0 Å². The summed E-state index contributed by atoms with van der Waals surface area (Å²) >= 11 is 0. The van der Waals surface area contributed by atoms with Crippen molar-refractivity contribution in [1.29, 1.82) is 0 Å². The lowest BCUT2D eigenvalue weighted by Crippen LogP contribution is -2.51. The van der Waals surface area contributed by atoms with Crippen LogP contribution >= 0.6 is 0 Å². The summed E-state index contributed by atoms with van der Waals surface area (Å²) in [6, 6.07) is 24.7. The summed E-state index contributed by atoms with van der Waals surface area (Å²) < 4.78 is 5.48. The van der Waals surface area contributed by atoms with E-state index in [1.807, 2.05) is 0 Å². The fraction of sp³-hybridized carbons (Fsp3) is 0.462. The third-order valence-electron chi connectivity index (χ3n) is 11.1. The van der Waals surface area contributed by atoms with Crippen molar-refractivity contribution in [2.24, 2.45) is 0 Å². The minimum atomic E-state index is -1.95. The fourth-order valence-corrected chi connectivity index (χ4v) is 23.1. The predicted molar refractivity (Wildman–Crippen MR) is 199 cm³/mol. The van der Waals surface area contributed by atoms with E-state index in [0.29, 0.717) is 33.2 Å². The lowest BCUT2D eigenvalue weighted by atomic mass is 10.1. The second-order valence-corrected chi connectivity index (χ2v) is 26.4. The number of hydrogen-bond donors (Lipinski definition) is 0. The number of fused-ring (bicyclic) bond motifs is 2. The second kappa shape index (κ2) is 12.1. The van der Waals surface area contributed by atoms with Gasteiger partial charge in [0.05, 0.1) is 11.4 Å². The molecule has 0 aliphatic rings. The lowest BCUT2D eigenvalue weighted by molar-refractivity contribution is 0.773. The van der Waals surface area contributed by atoms with Gasteiger partial charge in [-0.1, -0.05) is 126 Å². The molecule has 0 aliphatic heterocycles. The van der Waals surface area contributed by atoms with Crippen LogP contribution in [0.5, 0.6) is 0 Å². The molecule has 5 aromatic rings. The van der Waals surface area contributed by atoms with Crippen LogP contribution < -0.4 is 0 Å². The highest BCUT2D eigenvalue weighted by Crippen LogP contribution is 2.48. The maximum absolute atomic E-state index is 5.48. The Kier molecular flexibility index (Phi) is 8.96. The third kappa shape index (κ3) is 4.77. The summed E-state index contributed by atoms with van der Waals surface area (Å²) in [7, 11) is -3.91. The topological polar surface area (TPSA) is 22.8 Å². The van der Waals surface area contributed by atoms with Crippen LogP contribution in [0, 0.1) is 0 Å². The van der Waals surface area contributed by atoms with Crippen molar-refractivity contribution in [3.05, 3.63) is 79.1 Å². The zero-order valence-electron chi connectivity index (χ0n) is 29.3. The van der Waals surface area contributed by atoms with Crippen molar-refractivity contribution in [2.45, 2.75) is 116 Å². The van der Waals surface area contributed by atoms with Gasteiger partial charge in [0.15, 0.2) is 16.5 Å². The molecule has 234 valence electrons. The highest BCUT2D eigenvalue weighted by Gasteiger charge is 2.47. The molecule has 0 aliphatic carbocycles. The van der Waals surface area contributed by atoms with E-state index in [4.69, 9.17) is 4.98 Å². The zero-order chi connectivity index (χ0) is 32.1. The molecule has 0 fully saturated rings. The van der Waals surface area contributed by atoms with E-state index in [-0.39, 0.29) is 0 Å². The van der Waals surface area contributed by atoms with Crippen molar-refractivity contribution >= 4 is 38.3 Å². The van der Waals surface area contributed by atoms with E-state index >= 15 is 0 Å². The molecule has 0 radical (unpaired) electrons. The number of benzene rings is 2. The van der Waals surface area contributed by atoms with Gasteiger partial charge in [-0.15, -0.1) is 0 Å². The maximum atomic E-state index is 5.48. The molecule has 0 N–H and O–H groups in total. The van der Waals surface area contributed by atoms with E-state index < -0.39 is 16.5 Å². The van der Waals surface area contributed by atoms with Gasteiger partial charge >= 0.3 is 0 Å². The van der Waals surface area contributed by atoms with Crippen LogP contribution in [0.3, 0.4) is 0 Å². The first-order chi connectivity index (χ1) is 20.8. The van der Waals surface area contributed by atoms with E-state index in [1.165, 1.54) is 32.9 Å². The summed E-state index contributed by atoms with van der Waals surface area (Å²) in [5.74, 6) is 0. The Morgan fingerprint density at radius 1 is 0.432 bits per heavy atom. The number of rotatable bonds is 10. The fourth-order valence-electron chi connectivity index (χ4n) is 9.81. The van der Waals surface area contributed by atoms with Gasteiger partial charge in [-0.25, -0.2) is 4.98 Å². The first kappa shape index (κ1) is 32.5. The Labute approximate surface area is 268 Å². The Morgan fingerprint density at radius 3 is 1.07 bits per heavy atom. The standard InChI is InChI=1S/C39H55N3Si2/c1-26(2)43(27(3)4,28(5)6)41-24-34(32-18-13-15-22-38(32)41)36-20-17-21-37(40-36)35-25-42(39-23-16-14-19-33(35)39)44(29(7)8,30(9)10)31(11)12/h13-31H,1-12H3. The van der Waals surface area contributed by atoms with Crippen molar-refractivity contribution in [1.82, 2.24) is 13.4 Å². The van der Waals surface area contributed by atoms with E-state index in [1.54, 1.807) is 0 Å². The Morgan fingerprint density at radius 2 is 0.750 bits per heavy atom. The Balaban J connectivity index is 1.76. The first-order valence-corrected chi connectivity index (χ1v) is 21.4. The SMILES string of the molecule is CC(C)[Si](C(C)C)(C(C)C)n1cc(-c2cccc(-c3cn([Si](C(C)C)(C(C)C)C(C)C)c4ccccc34)n2)c2ccccc21. The van der Waals surface area contributed by atoms with Crippen molar-refractivity contribution < 1.29 is 0 Å². The number of pyridine rings is 1. The van der Waals surface area contributed by atoms with Crippen LogP contribution in [0.15, 0.2) is 79.1 Å². The molecule has 5 heteroatoms. The van der Waals surface area contributed by atoms with Gasteiger partial charge in [0.25, 0.3) is 0 Å². The highest BCUT2D eigenvalue weighted by atomic mass is 28.3. The van der Waals surface area contributed by atoms with Crippen molar-refractivity contribution in [3.8, 4) is 22.5 Å². The molecule has 0 bridgehead atoms. The first-order valence-electron chi connectivity index (χ1n) is 17.0. The highest BCUT2D eigenvalue weighted by molar-refractivity contribution is 6.83. The molecule has 0 unspecified atom stereocenters. The largest absolute Gasteiger partial charge is 0.373 e. The summed E-state index contributed by atoms with van der Waals surface area (Å²) in [6.45, 7) is 29.4. The monoisotopic (exact) mass is 621 g/mol. The predicted octanol–water partition coefficient (Wildman–Crippen LogP) is 12.4. The van der Waals surface area contributed by atoms with Crippen LogP contribution in [-0.2, 0) is 0 Å². The van der Waals surface area contributed by atoms with Crippen LogP contribution in [-0.4, -0.2) is 29.9 Å². The number of aromatic nitrogens is 3. The molecular weight excluding hydrogens is 567 g/mol. The minimum Gasteiger partial charge on any atom is -0.373 e. The van der Waals surface area contributed by atoms with E-state index in [9.17, 15) is 0 Å². The van der Waals surface area contributed by atoms with Crippen LogP contribution in [0.2, 0.25) is 33.2 Å². The minimum absolute atomic E-state index is 0.615. The summed E-state index contributed by atoms with van der Waals surface area (Å²) in [6.07, 6.45) is 4.95. The Bertz CT molecular complexity index is 1580. The molecule has 3 heterocycles. The molecule has 3 nitrogen and oxygen atoms in total. The molecule has 0 saturated heterocycles. The summed E-state index contributed by atoms with van der Waals surface area (Å²) in [5.41, 5.74) is 11.0. The van der Waals surface area contributed by atoms with Crippen LogP contribution in [0.25, 0.3) is 44.3 Å². The van der Waals surface area contributed by atoms with Gasteiger partial charge in [0.1, 0.15) is 0 Å². The third-order valence-corrected chi connectivity index (χ3v) is 24.6. The van der Waals surface area contributed by atoms with Crippen molar-refractivity contribution in [2.75, 3.05) is 0 Å². The molecule has 5 rings (SSSR count). The average Bonchev–Trinajstić information content (AvgIpc) is 3.53. The normalized spacial score (nSPS) is 13.3. The van der Waals surface area contributed by atoms with Crippen LogP contribution in [0.4, 0.5) is 0 Å². The van der Waals surface area contributed by atoms with Gasteiger partial charge in [-0.05, 0) is 57.5 Å². The molecule has 0 saturated carbocycles. The summed E-state index contributed by atoms with van der Waals surface area (Å²) in [5, 5.41) is 2.62. The number of para-hydroxylation sites is 2. The van der Waals surface area contributed by atoms with Gasteiger partial charge in [-0.3, -0.25) is 0 Å². The molecule has 0 atom stereocenters. The van der Waals surface area contributed by atoms with Gasteiger partial charge < -0.3 is 8.47 Å². The van der Waals surface area contributed by atoms with Crippen molar-refractivity contribution in [3.63, 3.8) is 0 Å². The smallest absolute Gasteiger partial charge is 0.169 e. The van der Waals surface area contributed by atoms with Gasteiger partial charge in [0, 0.05) is 45.3 Å². The number of nitrogens with zero attached hydrogens (tertiary/aromatic N) is 3. The van der Waals surface area contributed by atoms with Gasteiger partial charge in [0.2, 0.25) is 0 Å². The summed E-state index contributed by atoms with van der Waals surface area (Å²) in [4.78, 5) is 5.48. The maximum Gasteiger partial charge on any atom is 0.169 e. The second-order valence-electron chi connectivity index (χ2n) is 15.0. The quantitative estimate of drug-likeness (QED) is 0.142. The molecule has 2 aromatic carbocycles. The molecule has 44 heavy (non-hydrogen) atoms.